The van der Waals surface area contributed by atoms with Gasteiger partial charge >= 0.3 is 0 Å². The predicted molar refractivity (Wildman–Crippen MR) is 74.2 cm³/mol. The summed E-state index contributed by atoms with van der Waals surface area (Å²) in [5, 5.41) is 3.29. The van der Waals surface area contributed by atoms with Crippen LogP contribution in [0.1, 0.15) is 23.2 Å². The van der Waals surface area contributed by atoms with Crippen molar-refractivity contribution in [3.63, 3.8) is 0 Å². The topological polar surface area (TPSA) is 47.6 Å². The third-order valence-electron chi connectivity index (χ3n) is 3.00. The Morgan fingerprint density at radius 1 is 1.58 bits per heavy atom. The van der Waals surface area contributed by atoms with E-state index in [1.807, 2.05) is 0 Å². The molecule has 1 saturated heterocycles. The molecule has 1 aromatic rings. The van der Waals surface area contributed by atoms with Crippen molar-refractivity contribution in [3.8, 4) is 5.75 Å². The number of hydrogen-bond donors (Lipinski definition) is 1. The highest BCUT2D eigenvalue weighted by Gasteiger charge is 2.17. The van der Waals surface area contributed by atoms with Crippen LogP contribution in [0.15, 0.2) is 18.2 Å². The molecule has 0 radical (unpaired) electrons. The van der Waals surface area contributed by atoms with E-state index in [2.05, 4.69) is 5.32 Å². The molecule has 1 atom stereocenters. The Balaban J connectivity index is 2.04. The van der Waals surface area contributed by atoms with E-state index in [0.29, 0.717) is 29.5 Å². The lowest BCUT2D eigenvalue weighted by atomic mass is 10.1. The smallest absolute Gasteiger partial charge is 0.176 e. The summed E-state index contributed by atoms with van der Waals surface area (Å²) in [5.41, 5.74) is 0.589. The summed E-state index contributed by atoms with van der Waals surface area (Å²) in [7, 11) is 1.74. The van der Waals surface area contributed by atoms with Gasteiger partial charge in [0.15, 0.2) is 5.78 Å². The van der Waals surface area contributed by atoms with Crippen LogP contribution in [0.3, 0.4) is 0 Å². The quantitative estimate of drug-likeness (QED) is 0.843. The van der Waals surface area contributed by atoms with E-state index >= 15 is 0 Å². The van der Waals surface area contributed by atoms with Crippen molar-refractivity contribution < 1.29 is 14.3 Å². The van der Waals surface area contributed by atoms with E-state index in [9.17, 15) is 4.79 Å². The summed E-state index contributed by atoms with van der Waals surface area (Å²) in [6.07, 6.45) is 2.02. The van der Waals surface area contributed by atoms with Gasteiger partial charge in [-0.2, -0.15) is 0 Å². The molecule has 0 aromatic heterocycles. The van der Waals surface area contributed by atoms with Crippen molar-refractivity contribution in [3.05, 3.63) is 28.8 Å². The summed E-state index contributed by atoms with van der Waals surface area (Å²) >= 11 is 6.15. The Bertz CT molecular complexity index is 444. The van der Waals surface area contributed by atoms with Gasteiger partial charge in [0.25, 0.3) is 0 Å². The maximum atomic E-state index is 11.7. The van der Waals surface area contributed by atoms with Gasteiger partial charge in [-0.25, -0.2) is 0 Å². The van der Waals surface area contributed by atoms with E-state index in [0.717, 1.165) is 19.4 Å². The Kier molecular flexibility index (Phi) is 5.19. The number of carbonyl (C=O) groups is 1. The van der Waals surface area contributed by atoms with Crippen molar-refractivity contribution in [2.75, 3.05) is 26.8 Å². The van der Waals surface area contributed by atoms with Crippen molar-refractivity contribution in [1.29, 1.82) is 0 Å². The van der Waals surface area contributed by atoms with Crippen LogP contribution < -0.4 is 10.1 Å². The third-order valence-corrected chi connectivity index (χ3v) is 3.30. The first-order valence-corrected chi connectivity index (χ1v) is 6.80. The van der Waals surface area contributed by atoms with Crippen molar-refractivity contribution in [2.24, 2.45) is 0 Å². The fraction of sp³-hybridized carbons (Fsp3) is 0.500. The maximum absolute atomic E-state index is 11.7. The zero-order valence-corrected chi connectivity index (χ0v) is 11.7. The van der Waals surface area contributed by atoms with Gasteiger partial charge in [-0.3, -0.25) is 4.79 Å². The highest BCUT2D eigenvalue weighted by Crippen LogP contribution is 2.28. The monoisotopic (exact) mass is 283 g/mol. The van der Waals surface area contributed by atoms with E-state index in [1.54, 1.807) is 25.2 Å². The number of nitrogens with one attached hydrogen (secondary N) is 1. The van der Waals surface area contributed by atoms with E-state index < -0.39 is 0 Å². The number of likely N-dealkylation sites (N-methyl/N-ethyl adjacent to an activating group) is 1. The minimum Gasteiger partial charge on any atom is -0.486 e. The number of ketones is 1. The minimum atomic E-state index is 0.0111. The molecular weight excluding hydrogens is 266 g/mol. The third kappa shape index (κ3) is 3.93. The maximum Gasteiger partial charge on any atom is 0.176 e. The number of carbonyl (C=O) groups excluding carboxylic acids is 1. The number of hydrogen-bond acceptors (Lipinski definition) is 4. The first kappa shape index (κ1) is 14.3. The number of Topliss-reactive ketones (excluding diaryl/α,β-unsaturated/α-hetero) is 1. The molecule has 1 aromatic carbocycles. The lowest BCUT2D eigenvalue weighted by Gasteiger charge is -2.23. The van der Waals surface area contributed by atoms with Crippen LogP contribution in [0, 0.1) is 0 Å². The van der Waals surface area contributed by atoms with Gasteiger partial charge in [0.05, 0.1) is 18.2 Å². The average Bonchev–Trinajstić information content (AvgIpc) is 2.42. The average molecular weight is 284 g/mol. The number of rotatable bonds is 5. The normalized spacial score (nSPS) is 19.2. The molecule has 1 heterocycles. The van der Waals surface area contributed by atoms with Gasteiger partial charge in [0, 0.05) is 12.2 Å². The Morgan fingerprint density at radius 2 is 2.42 bits per heavy atom. The Labute approximate surface area is 118 Å². The summed E-state index contributed by atoms with van der Waals surface area (Å²) < 4.78 is 11.2. The summed E-state index contributed by atoms with van der Waals surface area (Å²) in [5.74, 6) is 0.620. The van der Waals surface area contributed by atoms with Crippen LogP contribution in [-0.2, 0) is 4.74 Å². The molecule has 0 bridgehead atoms. The van der Waals surface area contributed by atoms with Crippen molar-refractivity contribution in [1.82, 2.24) is 5.32 Å². The second kappa shape index (κ2) is 6.89. The van der Waals surface area contributed by atoms with Gasteiger partial charge < -0.3 is 14.8 Å². The van der Waals surface area contributed by atoms with E-state index in [1.165, 1.54) is 0 Å². The highest BCUT2D eigenvalue weighted by atomic mass is 35.5. The summed E-state index contributed by atoms with van der Waals surface area (Å²) in [6.45, 7) is 1.69. The largest absolute Gasteiger partial charge is 0.486 e. The first-order valence-electron chi connectivity index (χ1n) is 6.42. The molecule has 1 aliphatic rings. The standard InChI is InChI=1S/C14H18ClNO3/c1-16-8-13(17)10-4-5-14(12(15)7-10)19-11-3-2-6-18-9-11/h4-5,7,11,16H,2-3,6,8-9H2,1H3. The predicted octanol–water partition coefficient (Wildman–Crippen LogP) is 2.30. The summed E-state index contributed by atoms with van der Waals surface area (Å²) in [4.78, 5) is 11.7. The van der Waals surface area contributed by atoms with Crippen molar-refractivity contribution in [2.45, 2.75) is 18.9 Å². The second-order valence-electron chi connectivity index (χ2n) is 4.56. The molecule has 104 valence electrons. The van der Waals surface area contributed by atoms with Gasteiger partial charge in [-0.05, 0) is 38.1 Å². The number of halogens is 1. The first-order chi connectivity index (χ1) is 9.20. The van der Waals surface area contributed by atoms with Gasteiger partial charge in [0.1, 0.15) is 11.9 Å². The zero-order valence-electron chi connectivity index (χ0n) is 10.9. The number of benzene rings is 1. The molecule has 1 aliphatic heterocycles. The van der Waals surface area contributed by atoms with Crippen LogP contribution in [0.2, 0.25) is 5.02 Å². The van der Waals surface area contributed by atoms with E-state index in [-0.39, 0.29) is 11.9 Å². The van der Waals surface area contributed by atoms with Gasteiger partial charge in [-0.15, -0.1) is 0 Å². The van der Waals surface area contributed by atoms with E-state index in [4.69, 9.17) is 21.1 Å². The molecule has 4 nitrogen and oxygen atoms in total. The van der Waals surface area contributed by atoms with Crippen LogP contribution in [-0.4, -0.2) is 38.7 Å². The Morgan fingerprint density at radius 3 is 3.05 bits per heavy atom. The lowest BCUT2D eigenvalue weighted by Crippen LogP contribution is -2.28. The SMILES string of the molecule is CNCC(=O)c1ccc(OC2CCCOC2)c(Cl)c1. The van der Waals surface area contributed by atoms with Crippen LogP contribution in [0.25, 0.3) is 0 Å². The number of ether oxygens (including phenoxy) is 2. The molecule has 1 unspecified atom stereocenters. The molecular formula is C14H18ClNO3. The molecule has 0 amide bonds. The molecule has 0 aliphatic carbocycles. The highest BCUT2D eigenvalue weighted by molar-refractivity contribution is 6.32. The molecule has 1 N–H and O–H groups in total. The summed E-state index contributed by atoms with van der Waals surface area (Å²) in [6, 6.07) is 5.14. The van der Waals surface area contributed by atoms with Crippen LogP contribution in [0.5, 0.6) is 5.75 Å². The Hall–Kier alpha value is -1.10. The molecule has 2 rings (SSSR count). The van der Waals surface area contributed by atoms with Gasteiger partial charge in [-0.1, -0.05) is 11.6 Å². The van der Waals surface area contributed by atoms with Crippen LogP contribution >= 0.6 is 11.6 Å². The molecule has 19 heavy (non-hydrogen) atoms. The zero-order chi connectivity index (χ0) is 13.7. The fourth-order valence-corrected chi connectivity index (χ4v) is 2.24. The second-order valence-corrected chi connectivity index (χ2v) is 4.96. The lowest BCUT2D eigenvalue weighted by molar-refractivity contribution is 0.00747. The minimum absolute atomic E-state index is 0.0111. The molecule has 0 spiro atoms. The van der Waals surface area contributed by atoms with Gasteiger partial charge in [0.2, 0.25) is 0 Å². The molecule has 5 heteroatoms. The van der Waals surface area contributed by atoms with Crippen molar-refractivity contribution >= 4 is 17.4 Å². The molecule has 1 fully saturated rings. The fourth-order valence-electron chi connectivity index (χ4n) is 2.02. The van der Waals surface area contributed by atoms with Crippen LogP contribution in [0.4, 0.5) is 0 Å². The molecule has 0 saturated carbocycles.